The molecule has 1 aromatic heterocycles. The molecule has 1 saturated carbocycles. The molecule has 0 aromatic carbocycles. The van der Waals surface area contributed by atoms with E-state index in [-0.39, 0.29) is 11.5 Å². The van der Waals surface area contributed by atoms with Crippen molar-refractivity contribution in [1.29, 1.82) is 0 Å². The summed E-state index contributed by atoms with van der Waals surface area (Å²) < 4.78 is 2.01. The van der Waals surface area contributed by atoms with Crippen molar-refractivity contribution in [3.63, 3.8) is 0 Å². The summed E-state index contributed by atoms with van der Waals surface area (Å²) in [5.41, 5.74) is 1.14. The summed E-state index contributed by atoms with van der Waals surface area (Å²) in [6, 6.07) is 2.49. The molecule has 1 heterocycles. The van der Waals surface area contributed by atoms with Gasteiger partial charge in [-0.2, -0.15) is 5.10 Å². The summed E-state index contributed by atoms with van der Waals surface area (Å²) in [7, 11) is 0. The van der Waals surface area contributed by atoms with Crippen LogP contribution in [0.1, 0.15) is 64.6 Å². The number of aliphatic hydroxyl groups is 1. The molecule has 18 heavy (non-hydrogen) atoms. The number of hydrogen-bond donors (Lipinski definition) is 1. The Hall–Kier alpha value is -0.830. The number of aromatic nitrogens is 2. The van der Waals surface area contributed by atoms with Crippen molar-refractivity contribution in [3.8, 4) is 0 Å². The third-order valence-electron chi connectivity index (χ3n) is 4.66. The number of nitrogens with zero attached hydrogens (tertiary/aromatic N) is 2. The van der Waals surface area contributed by atoms with Gasteiger partial charge in [-0.25, -0.2) is 0 Å². The molecule has 3 nitrogen and oxygen atoms in total. The van der Waals surface area contributed by atoms with Gasteiger partial charge in [-0.3, -0.25) is 4.68 Å². The molecular weight excluding hydrogens is 224 g/mol. The molecule has 1 aliphatic rings. The molecular formula is C15H26N2O. The Bertz CT molecular complexity index is 380. The first-order valence-corrected chi connectivity index (χ1v) is 7.27. The lowest BCUT2D eigenvalue weighted by Gasteiger charge is -2.29. The first-order chi connectivity index (χ1) is 8.55. The van der Waals surface area contributed by atoms with Gasteiger partial charge in [0.15, 0.2) is 0 Å². The van der Waals surface area contributed by atoms with Crippen LogP contribution in [0.25, 0.3) is 0 Å². The summed E-state index contributed by atoms with van der Waals surface area (Å²) >= 11 is 0. The van der Waals surface area contributed by atoms with Crippen molar-refractivity contribution in [3.05, 3.63) is 18.0 Å². The lowest BCUT2D eigenvalue weighted by molar-refractivity contribution is 0.0415. The van der Waals surface area contributed by atoms with E-state index in [1.165, 1.54) is 12.8 Å². The molecule has 0 radical (unpaired) electrons. The van der Waals surface area contributed by atoms with E-state index in [0.29, 0.717) is 12.5 Å². The summed E-state index contributed by atoms with van der Waals surface area (Å²) in [6.07, 6.45) is 8.39. The van der Waals surface area contributed by atoms with Crippen LogP contribution in [0.15, 0.2) is 12.3 Å². The first-order valence-electron chi connectivity index (χ1n) is 7.27. The maximum Gasteiger partial charge on any atom is 0.0650 e. The van der Waals surface area contributed by atoms with Crippen molar-refractivity contribution in [1.82, 2.24) is 9.78 Å². The van der Waals surface area contributed by atoms with Gasteiger partial charge in [0.25, 0.3) is 0 Å². The van der Waals surface area contributed by atoms with Crippen molar-refractivity contribution in [2.24, 2.45) is 5.41 Å². The van der Waals surface area contributed by atoms with Gasteiger partial charge in [-0.15, -0.1) is 0 Å². The van der Waals surface area contributed by atoms with Gasteiger partial charge in [0, 0.05) is 18.7 Å². The van der Waals surface area contributed by atoms with Crippen LogP contribution >= 0.6 is 0 Å². The smallest absolute Gasteiger partial charge is 0.0650 e. The first kappa shape index (κ1) is 13.6. The van der Waals surface area contributed by atoms with E-state index in [2.05, 4.69) is 25.9 Å². The van der Waals surface area contributed by atoms with Crippen LogP contribution in [0, 0.1) is 5.41 Å². The minimum atomic E-state index is -0.250. The molecule has 0 spiro atoms. The summed E-state index contributed by atoms with van der Waals surface area (Å²) in [5.74, 6) is 0. The molecule has 3 heteroatoms. The van der Waals surface area contributed by atoms with Gasteiger partial charge in [0.1, 0.15) is 0 Å². The normalized spacial score (nSPS) is 22.0. The highest BCUT2D eigenvalue weighted by molar-refractivity contribution is 5.04. The van der Waals surface area contributed by atoms with E-state index in [1.807, 2.05) is 16.9 Å². The van der Waals surface area contributed by atoms with E-state index < -0.39 is 0 Å². The predicted molar refractivity (Wildman–Crippen MR) is 73.5 cm³/mol. The second kappa shape index (κ2) is 5.43. The minimum Gasteiger partial charge on any atom is -0.392 e. The zero-order valence-corrected chi connectivity index (χ0v) is 11.9. The van der Waals surface area contributed by atoms with Crippen molar-refractivity contribution < 1.29 is 5.11 Å². The van der Waals surface area contributed by atoms with E-state index in [1.54, 1.807) is 0 Å². The average molecular weight is 250 g/mol. The molecule has 2 rings (SSSR count). The molecule has 2 atom stereocenters. The Morgan fingerprint density at radius 1 is 1.44 bits per heavy atom. The van der Waals surface area contributed by atoms with E-state index >= 15 is 0 Å². The van der Waals surface area contributed by atoms with Crippen LogP contribution in [0.3, 0.4) is 0 Å². The lowest BCUT2D eigenvalue weighted by Crippen LogP contribution is -2.31. The summed E-state index contributed by atoms with van der Waals surface area (Å²) in [4.78, 5) is 0. The van der Waals surface area contributed by atoms with Crippen LogP contribution in [0.4, 0.5) is 0 Å². The standard InChI is InChI=1S/C15H26N2O/c1-4-12(2)17-10-7-13(16-17)11-14(18)15(3)8-5-6-9-15/h7,10,12,14,18H,4-6,8-9,11H2,1-3H3. The predicted octanol–water partition coefficient (Wildman–Crippen LogP) is 3.34. The largest absolute Gasteiger partial charge is 0.392 e. The van der Waals surface area contributed by atoms with Gasteiger partial charge in [-0.05, 0) is 37.7 Å². The molecule has 2 unspecified atom stereocenters. The maximum atomic E-state index is 10.4. The highest BCUT2D eigenvalue weighted by Gasteiger charge is 2.36. The van der Waals surface area contributed by atoms with Crippen molar-refractivity contribution in [2.75, 3.05) is 0 Å². The third-order valence-corrected chi connectivity index (χ3v) is 4.66. The molecule has 102 valence electrons. The van der Waals surface area contributed by atoms with Crippen molar-refractivity contribution in [2.45, 2.75) is 71.4 Å². The fourth-order valence-electron chi connectivity index (χ4n) is 2.88. The van der Waals surface area contributed by atoms with Crippen molar-refractivity contribution >= 4 is 0 Å². The number of aliphatic hydroxyl groups excluding tert-OH is 1. The highest BCUT2D eigenvalue weighted by Crippen LogP contribution is 2.41. The molecule has 0 saturated heterocycles. The third kappa shape index (κ3) is 2.77. The summed E-state index contributed by atoms with van der Waals surface area (Å²) in [6.45, 7) is 6.56. The zero-order valence-electron chi connectivity index (χ0n) is 11.9. The van der Waals surface area contributed by atoms with E-state index in [9.17, 15) is 5.11 Å². The average Bonchev–Trinajstić information content (AvgIpc) is 2.98. The molecule has 1 N–H and O–H groups in total. The molecule has 1 aliphatic carbocycles. The lowest BCUT2D eigenvalue weighted by atomic mass is 9.80. The number of hydrogen-bond acceptors (Lipinski definition) is 2. The van der Waals surface area contributed by atoms with Gasteiger partial charge < -0.3 is 5.11 Å². The topological polar surface area (TPSA) is 38.0 Å². The van der Waals surface area contributed by atoms with E-state index in [4.69, 9.17) is 0 Å². The minimum absolute atomic E-state index is 0.111. The molecule has 1 fully saturated rings. The molecule has 1 aromatic rings. The van der Waals surface area contributed by atoms with Gasteiger partial charge in [0.2, 0.25) is 0 Å². The maximum absolute atomic E-state index is 10.4. The summed E-state index contributed by atoms with van der Waals surface area (Å²) in [5, 5.41) is 15.0. The fraction of sp³-hybridized carbons (Fsp3) is 0.800. The zero-order chi connectivity index (χ0) is 13.2. The fourth-order valence-corrected chi connectivity index (χ4v) is 2.88. The monoisotopic (exact) mass is 250 g/mol. The van der Waals surface area contributed by atoms with Crippen LogP contribution in [0.2, 0.25) is 0 Å². The second-order valence-electron chi connectivity index (χ2n) is 6.13. The number of rotatable bonds is 5. The van der Waals surface area contributed by atoms with Gasteiger partial charge >= 0.3 is 0 Å². The van der Waals surface area contributed by atoms with Crippen LogP contribution in [-0.4, -0.2) is 21.0 Å². The highest BCUT2D eigenvalue weighted by atomic mass is 16.3. The van der Waals surface area contributed by atoms with Crippen LogP contribution in [-0.2, 0) is 6.42 Å². The SMILES string of the molecule is CCC(C)n1ccc(CC(O)C2(C)CCCC2)n1. The second-order valence-corrected chi connectivity index (χ2v) is 6.13. The molecule has 0 aliphatic heterocycles. The molecule has 0 bridgehead atoms. The van der Waals surface area contributed by atoms with E-state index in [0.717, 1.165) is 25.0 Å². The molecule has 0 amide bonds. The Morgan fingerprint density at radius 2 is 2.11 bits per heavy atom. The van der Waals surface area contributed by atoms with Gasteiger partial charge in [-0.1, -0.05) is 26.7 Å². The Morgan fingerprint density at radius 3 is 2.72 bits per heavy atom. The van der Waals surface area contributed by atoms with Crippen LogP contribution in [0.5, 0.6) is 0 Å². The Kier molecular flexibility index (Phi) is 4.10. The van der Waals surface area contributed by atoms with Gasteiger partial charge in [0.05, 0.1) is 11.8 Å². The van der Waals surface area contributed by atoms with Crippen LogP contribution < -0.4 is 0 Å². The quantitative estimate of drug-likeness (QED) is 0.870. The Balaban J connectivity index is 1.98. The Labute approximate surface area is 110 Å².